The van der Waals surface area contributed by atoms with E-state index >= 15 is 0 Å². The van der Waals surface area contributed by atoms with Gasteiger partial charge < -0.3 is 0 Å². The molecule has 10 heteroatoms. The van der Waals surface area contributed by atoms with E-state index in [4.69, 9.17) is 16.7 Å². The fourth-order valence-corrected chi connectivity index (χ4v) is 4.39. The maximum absolute atomic E-state index is 12.3. The molecule has 1 aromatic heterocycles. The third-order valence-corrected chi connectivity index (χ3v) is 6.66. The third-order valence-electron chi connectivity index (χ3n) is 4.99. The van der Waals surface area contributed by atoms with Crippen LogP contribution in [0.25, 0.3) is 16.9 Å². The largest absolute Gasteiger partial charge is 0.272 e. The van der Waals surface area contributed by atoms with Crippen molar-refractivity contribution in [3.05, 3.63) is 101 Å². The first-order chi connectivity index (χ1) is 16.8. The summed E-state index contributed by atoms with van der Waals surface area (Å²) in [7, 11) is -3.86. The molecule has 0 radical (unpaired) electrons. The Kier molecular flexibility index (Phi) is 7.40. The minimum absolute atomic E-state index is 0.00863. The first-order valence-corrected chi connectivity index (χ1v) is 12.5. The number of hydrogen-bond acceptors (Lipinski definition) is 5. The fourth-order valence-electron chi connectivity index (χ4n) is 3.28. The molecule has 4 rings (SSSR count). The van der Waals surface area contributed by atoms with Crippen LogP contribution in [-0.4, -0.2) is 36.9 Å². The van der Waals surface area contributed by atoms with E-state index in [1.54, 1.807) is 4.68 Å². The van der Waals surface area contributed by atoms with Crippen molar-refractivity contribution in [1.29, 1.82) is 0 Å². The number of carbonyl (C=O) groups is 1. The van der Waals surface area contributed by atoms with Crippen LogP contribution in [0.1, 0.15) is 11.1 Å². The van der Waals surface area contributed by atoms with Crippen LogP contribution in [0.4, 0.5) is 0 Å². The van der Waals surface area contributed by atoms with Gasteiger partial charge in [0.1, 0.15) is 5.69 Å². The van der Waals surface area contributed by atoms with E-state index < -0.39 is 22.5 Å². The van der Waals surface area contributed by atoms with E-state index in [0.717, 1.165) is 16.8 Å². The summed E-state index contributed by atoms with van der Waals surface area (Å²) in [6.07, 6.45) is 3.29. The van der Waals surface area contributed by atoms with Gasteiger partial charge in [-0.2, -0.15) is 10.2 Å². The monoisotopic (exact) mass is 507 g/mol. The lowest BCUT2D eigenvalue weighted by Crippen LogP contribution is -2.34. The molecule has 0 aliphatic carbocycles. The fraction of sp³-hybridized carbons (Fsp3) is 0.0800. The number of amides is 1. The van der Waals surface area contributed by atoms with E-state index in [9.17, 15) is 13.2 Å². The van der Waals surface area contributed by atoms with Gasteiger partial charge in [-0.25, -0.2) is 23.2 Å². The standard InChI is InChI=1S/C25H22ClN5O3S/c1-18-6-5-7-19(14-18)25-20(17-31(30-25)22-8-3-2-4-9-22)15-27-29-24(32)16-28-35(33,34)23-12-10-21(26)11-13-23/h2-15,17,28H,16H2,1H3,(H,29,32). The predicted molar refractivity (Wildman–Crippen MR) is 136 cm³/mol. The van der Waals surface area contributed by atoms with Gasteiger partial charge in [0.25, 0.3) is 5.91 Å². The molecule has 4 aromatic rings. The lowest BCUT2D eigenvalue weighted by atomic mass is 10.1. The van der Waals surface area contributed by atoms with Gasteiger partial charge in [0.2, 0.25) is 10.0 Å². The molecule has 0 saturated carbocycles. The summed E-state index contributed by atoms with van der Waals surface area (Å²) in [6, 6.07) is 23.2. The van der Waals surface area contributed by atoms with Gasteiger partial charge in [0, 0.05) is 22.3 Å². The van der Waals surface area contributed by atoms with Crippen LogP contribution in [0, 0.1) is 6.92 Å². The van der Waals surface area contributed by atoms with Crippen LogP contribution >= 0.6 is 11.6 Å². The van der Waals surface area contributed by atoms with Gasteiger partial charge in [-0.1, -0.05) is 53.6 Å². The van der Waals surface area contributed by atoms with Crippen molar-refractivity contribution >= 4 is 33.7 Å². The smallest absolute Gasteiger partial charge is 0.255 e. The molecular weight excluding hydrogens is 486 g/mol. The van der Waals surface area contributed by atoms with Crippen LogP contribution in [-0.2, 0) is 14.8 Å². The predicted octanol–water partition coefficient (Wildman–Crippen LogP) is 3.93. The van der Waals surface area contributed by atoms with Crippen LogP contribution in [0.2, 0.25) is 5.02 Å². The van der Waals surface area contributed by atoms with Crippen molar-refractivity contribution < 1.29 is 13.2 Å². The number of aryl methyl sites for hydroxylation is 1. The maximum atomic E-state index is 12.3. The Labute approximate surface area is 208 Å². The summed E-state index contributed by atoms with van der Waals surface area (Å²) in [5.74, 6) is -0.619. The average Bonchev–Trinajstić information content (AvgIpc) is 3.28. The molecule has 0 aliphatic rings. The second kappa shape index (κ2) is 10.6. The van der Waals surface area contributed by atoms with Gasteiger partial charge in [0.15, 0.2) is 0 Å². The van der Waals surface area contributed by atoms with E-state index in [2.05, 4.69) is 15.2 Å². The van der Waals surface area contributed by atoms with E-state index in [-0.39, 0.29) is 4.90 Å². The summed E-state index contributed by atoms with van der Waals surface area (Å²) in [5.41, 5.74) is 6.59. The maximum Gasteiger partial charge on any atom is 0.255 e. The second-order valence-electron chi connectivity index (χ2n) is 7.65. The minimum Gasteiger partial charge on any atom is -0.272 e. The molecule has 0 bridgehead atoms. The molecule has 0 saturated heterocycles. The number of nitrogens with zero attached hydrogens (tertiary/aromatic N) is 3. The van der Waals surface area contributed by atoms with Crippen molar-refractivity contribution in [2.24, 2.45) is 5.10 Å². The van der Waals surface area contributed by atoms with Gasteiger partial charge in [-0.3, -0.25) is 4.79 Å². The molecular formula is C25H22ClN5O3S. The first-order valence-electron chi connectivity index (χ1n) is 10.6. The van der Waals surface area contributed by atoms with Crippen LogP contribution in [0.3, 0.4) is 0 Å². The summed E-state index contributed by atoms with van der Waals surface area (Å²) >= 11 is 5.79. The first kappa shape index (κ1) is 24.3. The van der Waals surface area contributed by atoms with Crippen LogP contribution in [0.15, 0.2) is 95.1 Å². The zero-order valence-electron chi connectivity index (χ0n) is 18.7. The van der Waals surface area contributed by atoms with E-state index in [0.29, 0.717) is 16.3 Å². The molecule has 35 heavy (non-hydrogen) atoms. The van der Waals surface area contributed by atoms with Crippen molar-refractivity contribution in [2.75, 3.05) is 6.54 Å². The number of rotatable bonds is 8. The Morgan fingerprint density at radius 2 is 1.80 bits per heavy atom. The third kappa shape index (κ3) is 6.21. The van der Waals surface area contributed by atoms with Crippen molar-refractivity contribution in [1.82, 2.24) is 19.9 Å². The SMILES string of the molecule is Cc1cccc(-c2nn(-c3ccccc3)cc2C=NNC(=O)CNS(=O)(=O)c2ccc(Cl)cc2)c1. The molecule has 3 aromatic carbocycles. The van der Waals surface area contributed by atoms with E-state index in [1.807, 2.05) is 67.7 Å². The zero-order valence-corrected chi connectivity index (χ0v) is 20.3. The molecule has 1 heterocycles. The zero-order chi connectivity index (χ0) is 24.8. The molecule has 0 spiro atoms. The van der Waals surface area contributed by atoms with E-state index in [1.165, 1.54) is 30.5 Å². The molecule has 8 nitrogen and oxygen atoms in total. The highest BCUT2D eigenvalue weighted by Crippen LogP contribution is 2.23. The topological polar surface area (TPSA) is 105 Å². The van der Waals surface area contributed by atoms with Gasteiger partial charge in [-0.15, -0.1) is 0 Å². The van der Waals surface area contributed by atoms with Gasteiger partial charge in [0.05, 0.1) is 23.3 Å². The summed E-state index contributed by atoms with van der Waals surface area (Å²) in [4.78, 5) is 12.2. The minimum atomic E-state index is -3.86. The molecule has 178 valence electrons. The lowest BCUT2D eigenvalue weighted by Gasteiger charge is -2.06. The number of hydrazone groups is 1. The highest BCUT2D eigenvalue weighted by atomic mass is 35.5. The average molecular weight is 508 g/mol. The molecule has 0 aliphatic heterocycles. The second-order valence-corrected chi connectivity index (χ2v) is 9.86. The molecule has 1 amide bonds. The quantitative estimate of drug-likeness (QED) is 0.278. The van der Waals surface area contributed by atoms with Gasteiger partial charge >= 0.3 is 0 Å². The highest BCUT2D eigenvalue weighted by Gasteiger charge is 2.15. The normalized spacial score (nSPS) is 11.6. The van der Waals surface area contributed by atoms with Crippen molar-refractivity contribution in [3.63, 3.8) is 0 Å². The number of hydrogen-bond donors (Lipinski definition) is 2. The lowest BCUT2D eigenvalue weighted by molar-refractivity contribution is -0.119. The summed E-state index contributed by atoms with van der Waals surface area (Å²) in [6.45, 7) is 1.52. The van der Waals surface area contributed by atoms with Crippen molar-refractivity contribution in [3.8, 4) is 16.9 Å². The molecule has 0 atom stereocenters. The van der Waals surface area contributed by atoms with Gasteiger partial charge in [-0.05, 0) is 49.4 Å². The number of para-hydroxylation sites is 1. The molecule has 2 N–H and O–H groups in total. The highest BCUT2D eigenvalue weighted by molar-refractivity contribution is 7.89. The Morgan fingerprint density at radius 3 is 2.51 bits per heavy atom. The summed E-state index contributed by atoms with van der Waals surface area (Å²) < 4.78 is 28.6. The Morgan fingerprint density at radius 1 is 1.06 bits per heavy atom. The van der Waals surface area contributed by atoms with Crippen LogP contribution in [0.5, 0.6) is 0 Å². The van der Waals surface area contributed by atoms with Crippen LogP contribution < -0.4 is 10.1 Å². The molecule has 0 unspecified atom stereocenters. The number of benzene rings is 3. The Balaban J connectivity index is 1.48. The summed E-state index contributed by atoms with van der Waals surface area (Å²) in [5, 5.41) is 9.14. The Bertz CT molecular complexity index is 1470. The number of sulfonamides is 1. The van der Waals surface area contributed by atoms with Crippen molar-refractivity contribution in [2.45, 2.75) is 11.8 Å². The number of carbonyl (C=O) groups excluding carboxylic acids is 1. The number of halogens is 1. The Hall–Kier alpha value is -3.79. The molecule has 0 fully saturated rings. The number of nitrogens with one attached hydrogen (secondary N) is 2. The number of aromatic nitrogens is 2.